The SMILES string of the molecule is O=C(CSc1nc2ccc(N3C(=O)[C@@H]4CCCC[C@H]4C3=O)cc2s1)NC12CC3CC(CC(C3)C1)C2. The smallest absolute Gasteiger partial charge is 0.237 e. The first-order valence-electron chi connectivity index (χ1n) is 13.2. The van der Waals surface area contributed by atoms with Crippen molar-refractivity contribution < 1.29 is 14.4 Å². The molecule has 1 N–H and O–H groups in total. The highest BCUT2D eigenvalue weighted by atomic mass is 32.2. The number of hydrogen-bond acceptors (Lipinski definition) is 6. The van der Waals surface area contributed by atoms with Crippen molar-refractivity contribution in [1.82, 2.24) is 10.3 Å². The first-order chi connectivity index (χ1) is 17.0. The third-order valence-corrected chi connectivity index (χ3v) is 11.4. The molecule has 8 rings (SSSR count). The Morgan fingerprint density at radius 2 is 1.66 bits per heavy atom. The second kappa shape index (κ2) is 8.30. The van der Waals surface area contributed by atoms with E-state index in [4.69, 9.17) is 4.98 Å². The molecule has 1 aliphatic heterocycles. The van der Waals surface area contributed by atoms with Gasteiger partial charge in [0.25, 0.3) is 0 Å². The second-order valence-corrected chi connectivity index (χ2v) is 13.9. The maximum absolute atomic E-state index is 13.0. The Kier molecular flexibility index (Phi) is 5.28. The molecule has 0 spiro atoms. The molecule has 5 aliphatic carbocycles. The van der Waals surface area contributed by atoms with E-state index in [1.54, 1.807) is 0 Å². The first-order valence-corrected chi connectivity index (χ1v) is 15.0. The normalized spacial score (nSPS) is 35.7. The minimum Gasteiger partial charge on any atom is -0.350 e. The van der Waals surface area contributed by atoms with Gasteiger partial charge in [0.1, 0.15) is 0 Å². The molecule has 1 aromatic carbocycles. The summed E-state index contributed by atoms with van der Waals surface area (Å²) in [6.07, 6.45) is 11.3. The predicted molar refractivity (Wildman–Crippen MR) is 137 cm³/mol. The number of rotatable bonds is 5. The molecule has 0 unspecified atom stereocenters. The Balaban J connectivity index is 1.03. The fourth-order valence-electron chi connectivity index (χ4n) is 8.23. The van der Waals surface area contributed by atoms with Crippen molar-refractivity contribution in [3.05, 3.63) is 18.2 Å². The number of carbonyl (C=O) groups is 3. The van der Waals surface area contributed by atoms with E-state index < -0.39 is 0 Å². The lowest BCUT2D eigenvalue weighted by atomic mass is 9.53. The molecule has 2 aromatic rings. The number of thiazole rings is 1. The van der Waals surface area contributed by atoms with E-state index in [-0.39, 0.29) is 35.1 Å². The van der Waals surface area contributed by atoms with Crippen LogP contribution in [0.25, 0.3) is 10.2 Å². The number of anilines is 1. The molecule has 1 saturated heterocycles. The Labute approximate surface area is 213 Å². The van der Waals surface area contributed by atoms with Crippen molar-refractivity contribution in [2.75, 3.05) is 10.7 Å². The molecule has 1 aromatic heterocycles. The highest BCUT2D eigenvalue weighted by Gasteiger charge is 2.51. The van der Waals surface area contributed by atoms with Crippen LogP contribution in [0.2, 0.25) is 0 Å². The summed E-state index contributed by atoms with van der Waals surface area (Å²) < 4.78 is 1.80. The van der Waals surface area contributed by atoms with Gasteiger partial charge in [0.2, 0.25) is 17.7 Å². The molecule has 0 radical (unpaired) electrons. The number of carbonyl (C=O) groups excluding carboxylic acids is 3. The zero-order valence-electron chi connectivity index (χ0n) is 19.8. The lowest BCUT2D eigenvalue weighted by Gasteiger charge is -2.56. The van der Waals surface area contributed by atoms with Crippen molar-refractivity contribution in [2.24, 2.45) is 29.6 Å². The molecule has 4 bridgehead atoms. The van der Waals surface area contributed by atoms with Gasteiger partial charge in [-0.1, -0.05) is 24.6 Å². The van der Waals surface area contributed by atoms with Crippen LogP contribution in [0.15, 0.2) is 22.5 Å². The maximum atomic E-state index is 13.0. The molecule has 2 heterocycles. The molecule has 3 amide bonds. The van der Waals surface area contributed by atoms with Crippen LogP contribution in [0.5, 0.6) is 0 Å². The number of benzene rings is 1. The van der Waals surface area contributed by atoms with Gasteiger partial charge in [0.05, 0.1) is 33.5 Å². The van der Waals surface area contributed by atoms with Gasteiger partial charge in [0, 0.05) is 5.54 Å². The lowest BCUT2D eigenvalue weighted by Crippen LogP contribution is -2.60. The zero-order valence-corrected chi connectivity index (χ0v) is 21.5. The molecule has 8 heteroatoms. The Morgan fingerprint density at radius 1 is 1.03 bits per heavy atom. The maximum Gasteiger partial charge on any atom is 0.237 e. The summed E-state index contributed by atoms with van der Waals surface area (Å²) in [5.41, 5.74) is 1.54. The highest BCUT2D eigenvalue weighted by Crippen LogP contribution is 2.55. The largest absolute Gasteiger partial charge is 0.350 e. The Morgan fingerprint density at radius 3 is 2.29 bits per heavy atom. The van der Waals surface area contributed by atoms with Crippen molar-refractivity contribution >= 4 is 56.7 Å². The number of aromatic nitrogens is 1. The Hall–Kier alpha value is -1.93. The predicted octanol–water partition coefficient (Wildman–Crippen LogP) is 5.15. The first kappa shape index (κ1) is 22.3. The van der Waals surface area contributed by atoms with Crippen LogP contribution in [0.1, 0.15) is 64.2 Å². The molecule has 6 aliphatic rings. The average molecular weight is 510 g/mol. The summed E-state index contributed by atoms with van der Waals surface area (Å²) in [6, 6.07) is 5.65. The minimum atomic E-state index is -0.146. The minimum absolute atomic E-state index is 0.0421. The van der Waals surface area contributed by atoms with Crippen molar-refractivity contribution in [2.45, 2.75) is 74.1 Å². The summed E-state index contributed by atoms with van der Waals surface area (Å²) in [6.45, 7) is 0. The van der Waals surface area contributed by atoms with Gasteiger partial charge >= 0.3 is 0 Å². The number of nitrogens with one attached hydrogen (secondary N) is 1. The number of fused-ring (bicyclic) bond motifs is 2. The number of amides is 3. The van der Waals surface area contributed by atoms with Crippen LogP contribution in [0.4, 0.5) is 5.69 Å². The van der Waals surface area contributed by atoms with Gasteiger partial charge < -0.3 is 5.32 Å². The zero-order chi connectivity index (χ0) is 23.7. The van der Waals surface area contributed by atoms with Gasteiger partial charge in [-0.05, 0) is 87.3 Å². The van der Waals surface area contributed by atoms with Gasteiger partial charge in [-0.2, -0.15) is 0 Å². The van der Waals surface area contributed by atoms with Crippen LogP contribution in [0.3, 0.4) is 0 Å². The molecule has 184 valence electrons. The van der Waals surface area contributed by atoms with Gasteiger partial charge in [-0.25, -0.2) is 4.98 Å². The number of hydrogen-bond donors (Lipinski definition) is 1. The van der Waals surface area contributed by atoms with Crippen LogP contribution >= 0.6 is 23.1 Å². The van der Waals surface area contributed by atoms with Crippen LogP contribution in [0, 0.1) is 29.6 Å². The molecular formula is C27H31N3O3S2. The summed E-state index contributed by atoms with van der Waals surface area (Å²) in [5, 5.41) is 3.44. The molecule has 2 atom stereocenters. The molecule has 5 saturated carbocycles. The van der Waals surface area contributed by atoms with Crippen LogP contribution < -0.4 is 10.2 Å². The van der Waals surface area contributed by atoms with Gasteiger partial charge in [0.15, 0.2) is 4.34 Å². The summed E-state index contributed by atoms with van der Waals surface area (Å²) in [5.74, 6) is 2.55. The van der Waals surface area contributed by atoms with E-state index in [9.17, 15) is 14.4 Å². The number of nitrogens with zero attached hydrogens (tertiary/aromatic N) is 2. The van der Waals surface area contributed by atoms with Crippen molar-refractivity contribution in [3.63, 3.8) is 0 Å². The number of imide groups is 1. The Bertz CT molecular complexity index is 1160. The van der Waals surface area contributed by atoms with E-state index in [1.165, 1.54) is 47.3 Å². The third kappa shape index (κ3) is 3.82. The molecule has 35 heavy (non-hydrogen) atoms. The van der Waals surface area contributed by atoms with E-state index >= 15 is 0 Å². The van der Waals surface area contributed by atoms with Crippen LogP contribution in [-0.4, -0.2) is 34.0 Å². The number of thioether (sulfide) groups is 1. The quantitative estimate of drug-likeness (QED) is 0.445. The fourth-order valence-corrected chi connectivity index (χ4v) is 10.1. The molecule has 6 nitrogen and oxygen atoms in total. The second-order valence-electron chi connectivity index (χ2n) is 11.7. The highest BCUT2D eigenvalue weighted by molar-refractivity contribution is 8.01. The van der Waals surface area contributed by atoms with Crippen LogP contribution in [-0.2, 0) is 14.4 Å². The van der Waals surface area contributed by atoms with E-state index in [0.717, 1.165) is 77.3 Å². The van der Waals surface area contributed by atoms with Crippen molar-refractivity contribution in [1.29, 1.82) is 0 Å². The molecule has 6 fully saturated rings. The summed E-state index contributed by atoms with van der Waals surface area (Å²) in [4.78, 5) is 45.0. The fraction of sp³-hybridized carbons (Fsp3) is 0.630. The average Bonchev–Trinajstić information content (AvgIpc) is 3.34. The van der Waals surface area contributed by atoms with E-state index in [0.29, 0.717) is 11.4 Å². The summed E-state index contributed by atoms with van der Waals surface area (Å²) >= 11 is 3.02. The van der Waals surface area contributed by atoms with Crippen molar-refractivity contribution in [3.8, 4) is 0 Å². The van der Waals surface area contributed by atoms with Gasteiger partial charge in [-0.3, -0.25) is 19.3 Å². The summed E-state index contributed by atoms with van der Waals surface area (Å²) in [7, 11) is 0. The standard InChI is InChI=1S/C27H31N3O3S2/c31-23(29-27-11-15-7-16(12-27)9-17(8-15)13-27)14-34-26-28-21-6-5-18(10-22(21)35-26)30-24(32)19-3-1-2-4-20(19)25(30)33/h5-6,10,15-17,19-20H,1-4,7-9,11-14H2,(H,29,31)/t15?,16?,17?,19-,20-,27?/m1/s1. The lowest BCUT2D eigenvalue weighted by molar-refractivity contribution is -0.124. The van der Waals surface area contributed by atoms with Gasteiger partial charge in [-0.15, -0.1) is 11.3 Å². The monoisotopic (exact) mass is 509 g/mol. The third-order valence-electron chi connectivity index (χ3n) is 9.22. The van der Waals surface area contributed by atoms with E-state index in [1.807, 2.05) is 18.2 Å². The molecular weight excluding hydrogens is 478 g/mol. The topological polar surface area (TPSA) is 79.4 Å². The van der Waals surface area contributed by atoms with E-state index in [2.05, 4.69) is 5.32 Å².